The highest BCUT2D eigenvalue weighted by Crippen LogP contribution is 2.31. The van der Waals surface area contributed by atoms with Crippen molar-refractivity contribution in [3.8, 4) is 0 Å². The van der Waals surface area contributed by atoms with E-state index in [0.717, 1.165) is 32.4 Å². The Labute approximate surface area is 97.8 Å². The Morgan fingerprint density at radius 3 is 3.06 bits per heavy atom. The van der Waals surface area contributed by atoms with Gasteiger partial charge in [-0.25, -0.2) is 0 Å². The van der Waals surface area contributed by atoms with E-state index in [2.05, 4.69) is 31.2 Å². The van der Waals surface area contributed by atoms with Crippen LogP contribution in [0.1, 0.15) is 37.0 Å². The van der Waals surface area contributed by atoms with Gasteiger partial charge < -0.3 is 10.5 Å². The molecule has 16 heavy (non-hydrogen) atoms. The quantitative estimate of drug-likeness (QED) is 0.845. The molecular weight excluding hydrogens is 198 g/mol. The molecule has 1 aliphatic rings. The summed E-state index contributed by atoms with van der Waals surface area (Å²) in [5.74, 6) is 0.595. The number of nitrogens with two attached hydrogens (primary N) is 1. The number of hydrogen-bond acceptors (Lipinski definition) is 2. The van der Waals surface area contributed by atoms with E-state index in [1.165, 1.54) is 11.1 Å². The minimum atomic E-state index is 0.291. The molecule has 2 nitrogen and oxygen atoms in total. The second-order valence-electron chi connectivity index (χ2n) is 4.73. The van der Waals surface area contributed by atoms with Crippen molar-refractivity contribution >= 4 is 0 Å². The highest BCUT2D eigenvalue weighted by atomic mass is 16.5. The fraction of sp³-hybridized carbons (Fsp3) is 0.571. The van der Waals surface area contributed by atoms with Gasteiger partial charge in [0.2, 0.25) is 0 Å². The van der Waals surface area contributed by atoms with Crippen LogP contribution in [0.4, 0.5) is 0 Å². The van der Waals surface area contributed by atoms with Crippen LogP contribution in [0.2, 0.25) is 0 Å². The Morgan fingerprint density at radius 1 is 1.44 bits per heavy atom. The summed E-state index contributed by atoms with van der Waals surface area (Å²) < 4.78 is 5.86. The van der Waals surface area contributed by atoms with E-state index in [-0.39, 0.29) is 0 Å². The zero-order chi connectivity index (χ0) is 11.4. The highest BCUT2D eigenvalue weighted by molar-refractivity contribution is 5.30. The molecule has 1 aromatic rings. The maximum atomic E-state index is 5.86. The largest absolute Gasteiger partial charge is 0.373 e. The van der Waals surface area contributed by atoms with Crippen molar-refractivity contribution in [2.24, 2.45) is 11.7 Å². The maximum absolute atomic E-state index is 5.86. The molecule has 2 rings (SSSR count). The third-order valence-corrected chi connectivity index (χ3v) is 3.42. The third kappa shape index (κ3) is 2.63. The average Bonchev–Trinajstić information content (AvgIpc) is 2.35. The molecule has 2 N–H and O–H groups in total. The van der Waals surface area contributed by atoms with Crippen molar-refractivity contribution in [1.29, 1.82) is 0 Å². The lowest BCUT2D eigenvalue weighted by atomic mass is 9.93. The van der Waals surface area contributed by atoms with Gasteiger partial charge in [-0.2, -0.15) is 0 Å². The van der Waals surface area contributed by atoms with Crippen LogP contribution in [0.25, 0.3) is 0 Å². The van der Waals surface area contributed by atoms with Crippen LogP contribution in [0.5, 0.6) is 0 Å². The van der Waals surface area contributed by atoms with Gasteiger partial charge in [-0.3, -0.25) is 0 Å². The van der Waals surface area contributed by atoms with Crippen molar-refractivity contribution < 1.29 is 4.74 Å². The predicted octanol–water partition coefficient (Wildman–Crippen LogP) is 2.68. The Balaban J connectivity index is 2.01. The molecule has 0 fully saturated rings. The molecule has 0 bridgehead atoms. The number of rotatable bonds is 4. The Bertz CT molecular complexity index is 337. The van der Waals surface area contributed by atoms with Gasteiger partial charge in [0.25, 0.3) is 0 Å². The maximum Gasteiger partial charge on any atom is 0.0827 e. The summed E-state index contributed by atoms with van der Waals surface area (Å²) in [5.41, 5.74) is 8.49. The molecule has 1 heterocycles. The van der Waals surface area contributed by atoms with Gasteiger partial charge >= 0.3 is 0 Å². The van der Waals surface area contributed by atoms with Crippen molar-refractivity contribution in [1.82, 2.24) is 0 Å². The first-order valence-electron chi connectivity index (χ1n) is 6.20. The lowest BCUT2D eigenvalue weighted by Gasteiger charge is -2.26. The van der Waals surface area contributed by atoms with Gasteiger partial charge in [-0.05, 0) is 42.9 Å². The molecule has 88 valence electrons. The van der Waals surface area contributed by atoms with Crippen molar-refractivity contribution in [3.63, 3.8) is 0 Å². The standard InChI is InChI=1S/C14H21NO/c1-11(10-15)6-7-14-13-5-3-2-4-12(13)8-9-16-14/h2-5,11,14H,6-10,15H2,1H3. The monoisotopic (exact) mass is 219 g/mol. The first-order valence-corrected chi connectivity index (χ1v) is 6.20. The summed E-state index contributed by atoms with van der Waals surface area (Å²) in [4.78, 5) is 0. The summed E-state index contributed by atoms with van der Waals surface area (Å²) in [6.45, 7) is 3.84. The van der Waals surface area contributed by atoms with Crippen molar-refractivity contribution in [3.05, 3.63) is 35.4 Å². The first-order chi connectivity index (χ1) is 7.81. The zero-order valence-electron chi connectivity index (χ0n) is 9.99. The van der Waals surface area contributed by atoms with Gasteiger partial charge in [0.15, 0.2) is 0 Å². The highest BCUT2D eigenvalue weighted by Gasteiger charge is 2.20. The Morgan fingerprint density at radius 2 is 2.25 bits per heavy atom. The van der Waals surface area contributed by atoms with Gasteiger partial charge in [-0.15, -0.1) is 0 Å². The van der Waals surface area contributed by atoms with Crippen LogP contribution in [-0.2, 0) is 11.2 Å². The Hall–Kier alpha value is -0.860. The summed E-state index contributed by atoms with van der Waals surface area (Å²) >= 11 is 0. The van der Waals surface area contributed by atoms with Crippen LogP contribution in [0, 0.1) is 5.92 Å². The van der Waals surface area contributed by atoms with Crippen LogP contribution in [0.15, 0.2) is 24.3 Å². The molecule has 0 spiro atoms. The van der Waals surface area contributed by atoms with E-state index in [1.54, 1.807) is 0 Å². The van der Waals surface area contributed by atoms with Crippen LogP contribution < -0.4 is 5.73 Å². The summed E-state index contributed by atoms with van der Waals surface area (Å²) in [6, 6.07) is 8.64. The molecule has 2 unspecified atom stereocenters. The van der Waals surface area contributed by atoms with Crippen molar-refractivity contribution in [2.75, 3.05) is 13.2 Å². The molecule has 0 aliphatic carbocycles. The molecule has 0 amide bonds. The molecule has 2 atom stereocenters. The number of fused-ring (bicyclic) bond motifs is 1. The minimum Gasteiger partial charge on any atom is -0.373 e. The molecule has 2 heteroatoms. The molecule has 1 aromatic carbocycles. The van der Waals surface area contributed by atoms with Gasteiger partial charge in [0, 0.05) is 0 Å². The molecule has 1 aliphatic heterocycles. The third-order valence-electron chi connectivity index (χ3n) is 3.42. The molecule has 0 saturated carbocycles. The van der Waals surface area contributed by atoms with E-state index >= 15 is 0 Å². The number of ether oxygens (including phenoxy) is 1. The lowest BCUT2D eigenvalue weighted by Crippen LogP contribution is -2.18. The van der Waals surface area contributed by atoms with E-state index in [1.807, 2.05) is 0 Å². The molecular formula is C14H21NO. The molecule has 0 saturated heterocycles. The van der Waals surface area contributed by atoms with Gasteiger partial charge in [-0.1, -0.05) is 31.2 Å². The minimum absolute atomic E-state index is 0.291. The average molecular weight is 219 g/mol. The van der Waals surface area contributed by atoms with E-state index in [9.17, 15) is 0 Å². The summed E-state index contributed by atoms with van der Waals surface area (Å²) in [6.07, 6.45) is 3.59. The van der Waals surface area contributed by atoms with Crippen molar-refractivity contribution in [2.45, 2.75) is 32.3 Å². The fourth-order valence-corrected chi connectivity index (χ4v) is 2.27. The lowest BCUT2D eigenvalue weighted by molar-refractivity contribution is 0.0328. The fourth-order valence-electron chi connectivity index (χ4n) is 2.27. The Kier molecular flexibility index (Phi) is 3.97. The van der Waals surface area contributed by atoms with E-state index in [0.29, 0.717) is 12.0 Å². The van der Waals surface area contributed by atoms with Crippen LogP contribution in [0.3, 0.4) is 0 Å². The van der Waals surface area contributed by atoms with E-state index in [4.69, 9.17) is 10.5 Å². The summed E-state index contributed by atoms with van der Waals surface area (Å²) in [5, 5.41) is 0. The van der Waals surface area contributed by atoms with Gasteiger partial charge in [0.05, 0.1) is 12.7 Å². The van der Waals surface area contributed by atoms with Crippen LogP contribution >= 0.6 is 0 Å². The predicted molar refractivity (Wildman–Crippen MR) is 66.3 cm³/mol. The second-order valence-corrected chi connectivity index (χ2v) is 4.73. The topological polar surface area (TPSA) is 35.2 Å². The first kappa shape index (κ1) is 11.6. The van der Waals surface area contributed by atoms with Gasteiger partial charge in [0.1, 0.15) is 0 Å². The normalized spacial score (nSPS) is 21.5. The van der Waals surface area contributed by atoms with E-state index < -0.39 is 0 Å². The number of benzene rings is 1. The zero-order valence-corrected chi connectivity index (χ0v) is 9.99. The number of hydrogen-bond donors (Lipinski definition) is 1. The summed E-state index contributed by atoms with van der Waals surface area (Å²) in [7, 11) is 0. The smallest absolute Gasteiger partial charge is 0.0827 e. The second kappa shape index (κ2) is 5.46. The SMILES string of the molecule is CC(CN)CCC1OCCc2ccccc21. The van der Waals surface area contributed by atoms with Crippen LogP contribution in [-0.4, -0.2) is 13.2 Å². The molecule has 0 radical (unpaired) electrons. The molecule has 0 aromatic heterocycles.